The molecule has 2 fully saturated rings. The molecule has 1 aromatic heterocycles. The number of nitrogens with zero attached hydrogens (tertiary/aromatic N) is 4. The van der Waals surface area contributed by atoms with Gasteiger partial charge < -0.3 is 15.0 Å². The van der Waals surface area contributed by atoms with Crippen LogP contribution >= 0.6 is 0 Å². The summed E-state index contributed by atoms with van der Waals surface area (Å²) in [6.45, 7) is 8.25. The summed E-state index contributed by atoms with van der Waals surface area (Å²) in [5.41, 5.74) is 2.71. The van der Waals surface area contributed by atoms with Crippen molar-refractivity contribution in [3.8, 4) is 0 Å². The lowest BCUT2D eigenvalue weighted by atomic mass is 10.0. The van der Waals surface area contributed by atoms with E-state index in [1.54, 1.807) is 7.11 Å². The van der Waals surface area contributed by atoms with Crippen molar-refractivity contribution in [1.82, 2.24) is 20.2 Å². The number of hydrogen-bond donors (Lipinski definition) is 1. The Morgan fingerprint density at radius 3 is 2.58 bits per heavy atom. The zero-order chi connectivity index (χ0) is 17.8. The van der Waals surface area contributed by atoms with Crippen LogP contribution in [0.25, 0.3) is 0 Å². The van der Waals surface area contributed by atoms with Crippen LogP contribution in [0.3, 0.4) is 0 Å². The van der Waals surface area contributed by atoms with E-state index in [4.69, 9.17) is 14.7 Å². The van der Waals surface area contributed by atoms with Crippen LogP contribution in [0.1, 0.15) is 48.7 Å². The third kappa shape index (κ3) is 4.02. The molecule has 0 aromatic carbocycles. The van der Waals surface area contributed by atoms with E-state index < -0.39 is 0 Å². The van der Waals surface area contributed by atoms with Crippen LogP contribution in [-0.4, -0.2) is 74.4 Å². The SMILES string of the molecule is COCCN1CCN(c2nc(C3CCCC3)nc3c2CCNCC3)CC1. The van der Waals surface area contributed by atoms with Crippen molar-refractivity contribution < 1.29 is 4.74 Å². The zero-order valence-corrected chi connectivity index (χ0v) is 16.2. The maximum absolute atomic E-state index is 5.23. The highest BCUT2D eigenvalue weighted by Crippen LogP contribution is 2.34. The topological polar surface area (TPSA) is 53.5 Å². The Morgan fingerprint density at radius 1 is 1.04 bits per heavy atom. The molecule has 0 amide bonds. The minimum absolute atomic E-state index is 0.582. The standard InChI is InChI=1S/C20H33N5O/c1-26-15-14-24-10-12-25(13-11-24)20-17-6-8-21-9-7-18(17)22-19(23-20)16-4-2-3-5-16/h16,21H,2-15H2,1H3. The van der Waals surface area contributed by atoms with E-state index in [2.05, 4.69) is 15.1 Å². The van der Waals surface area contributed by atoms with E-state index in [1.807, 2.05) is 0 Å². The van der Waals surface area contributed by atoms with Gasteiger partial charge in [-0.25, -0.2) is 9.97 Å². The molecule has 1 saturated carbocycles. The lowest BCUT2D eigenvalue weighted by Crippen LogP contribution is -2.48. The molecule has 0 radical (unpaired) electrons. The molecule has 3 aliphatic rings. The molecule has 0 unspecified atom stereocenters. The first kappa shape index (κ1) is 18.1. The normalized spacial score (nSPS) is 22.4. The molecule has 1 N–H and O–H groups in total. The highest BCUT2D eigenvalue weighted by atomic mass is 16.5. The van der Waals surface area contributed by atoms with Gasteiger partial charge in [-0.3, -0.25) is 4.90 Å². The number of methoxy groups -OCH3 is 1. The van der Waals surface area contributed by atoms with E-state index in [1.165, 1.54) is 42.8 Å². The second-order valence-electron chi connectivity index (χ2n) is 7.88. The van der Waals surface area contributed by atoms with E-state index in [-0.39, 0.29) is 0 Å². The fourth-order valence-corrected chi connectivity index (χ4v) is 4.58. The summed E-state index contributed by atoms with van der Waals surface area (Å²) in [5.74, 6) is 2.95. The van der Waals surface area contributed by atoms with Crippen molar-refractivity contribution >= 4 is 5.82 Å². The Kier molecular flexibility index (Phi) is 6.02. The molecule has 1 aromatic rings. The average Bonchev–Trinajstić information content (AvgIpc) is 3.11. The number of rotatable bonds is 5. The van der Waals surface area contributed by atoms with Gasteiger partial charge in [0, 0.05) is 64.3 Å². The molecule has 0 spiro atoms. The molecule has 3 heterocycles. The van der Waals surface area contributed by atoms with Gasteiger partial charge in [0.25, 0.3) is 0 Å². The summed E-state index contributed by atoms with van der Waals surface area (Å²) >= 11 is 0. The van der Waals surface area contributed by atoms with Crippen LogP contribution in [0, 0.1) is 0 Å². The minimum Gasteiger partial charge on any atom is -0.383 e. The Hall–Kier alpha value is -1.24. The van der Waals surface area contributed by atoms with Gasteiger partial charge in [-0.15, -0.1) is 0 Å². The van der Waals surface area contributed by atoms with E-state index in [0.717, 1.165) is 71.1 Å². The van der Waals surface area contributed by atoms with Gasteiger partial charge in [0.1, 0.15) is 11.6 Å². The number of fused-ring (bicyclic) bond motifs is 1. The van der Waals surface area contributed by atoms with Crippen molar-refractivity contribution in [2.24, 2.45) is 0 Å². The van der Waals surface area contributed by atoms with Gasteiger partial charge >= 0.3 is 0 Å². The molecular weight excluding hydrogens is 326 g/mol. The number of nitrogens with one attached hydrogen (secondary N) is 1. The second-order valence-corrected chi connectivity index (χ2v) is 7.88. The molecule has 2 aliphatic heterocycles. The average molecular weight is 360 g/mol. The number of hydrogen-bond acceptors (Lipinski definition) is 6. The predicted octanol–water partition coefficient (Wildman–Crippen LogP) is 1.59. The monoisotopic (exact) mass is 359 g/mol. The second kappa shape index (κ2) is 8.63. The number of anilines is 1. The van der Waals surface area contributed by atoms with Crippen LogP contribution in [-0.2, 0) is 17.6 Å². The van der Waals surface area contributed by atoms with Crippen LogP contribution in [0.2, 0.25) is 0 Å². The summed E-state index contributed by atoms with van der Waals surface area (Å²) in [6, 6.07) is 0. The first-order valence-corrected chi connectivity index (χ1v) is 10.4. The number of piperazine rings is 1. The van der Waals surface area contributed by atoms with Crippen molar-refractivity contribution in [3.63, 3.8) is 0 Å². The Labute approximate surface area is 157 Å². The third-order valence-corrected chi connectivity index (χ3v) is 6.18. The Balaban J connectivity index is 1.56. The lowest BCUT2D eigenvalue weighted by molar-refractivity contribution is 0.144. The lowest BCUT2D eigenvalue weighted by Gasteiger charge is -2.36. The summed E-state index contributed by atoms with van der Waals surface area (Å²) in [4.78, 5) is 15.2. The summed E-state index contributed by atoms with van der Waals surface area (Å²) in [7, 11) is 1.78. The van der Waals surface area contributed by atoms with E-state index in [0.29, 0.717) is 5.92 Å². The first-order valence-electron chi connectivity index (χ1n) is 10.4. The van der Waals surface area contributed by atoms with Crippen LogP contribution in [0.5, 0.6) is 0 Å². The molecule has 26 heavy (non-hydrogen) atoms. The number of ether oxygens (including phenoxy) is 1. The molecular formula is C20H33N5O. The van der Waals surface area contributed by atoms with Gasteiger partial charge in [-0.1, -0.05) is 12.8 Å². The highest BCUT2D eigenvalue weighted by molar-refractivity contribution is 5.51. The van der Waals surface area contributed by atoms with Gasteiger partial charge in [0.15, 0.2) is 0 Å². The molecule has 144 valence electrons. The summed E-state index contributed by atoms with van der Waals surface area (Å²) < 4.78 is 5.23. The van der Waals surface area contributed by atoms with Crippen molar-refractivity contribution in [2.75, 3.05) is 64.4 Å². The van der Waals surface area contributed by atoms with E-state index in [9.17, 15) is 0 Å². The van der Waals surface area contributed by atoms with Gasteiger partial charge in [0.2, 0.25) is 0 Å². The molecule has 1 saturated heterocycles. The van der Waals surface area contributed by atoms with Crippen LogP contribution in [0.15, 0.2) is 0 Å². The van der Waals surface area contributed by atoms with Crippen molar-refractivity contribution in [3.05, 3.63) is 17.1 Å². The zero-order valence-electron chi connectivity index (χ0n) is 16.2. The molecule has 0 bridgehead atoms. The maximum Gasteiger partial charge on any atom is 0.135 e. The maximum atomic E-state index is 5.23. The molecule has 6 heteroatoms. The Morgan fingerprint density at radius 2 is 1.81 bits per heavy atom. The van der Waals surface area contributed by atoms with Gasteiger partial charge in [-0.2, -0.15) is 0 Å². The minimum atomic E-state index is 0.582. The number of aromatic nitrogens is 2. The fourth-order valence-electron chi connectivity index (χ4n) is 4.58. The smallest absolute Gasteiger partial charge is 0.135 e. The van der Waals surface area contributed by atoms with Crippen LogP contribution in [0.4, 0.5) is 5.82 Å². The summed E-state index contributed by atoms with van der Waals surface area (Å²) in [5, 5.41) is 3.54. The molecule has 6 nitrogen and oxygen atoms in total. The fraction of sp³-hybridized carbons (Fsp3) is 0.800. The van der Waals surface area contributed by atoms with Gasteiger partial charge in [-0.05, 0) is 25.8 Å². The third-order valence-electron chi connectivity index (χ3n) is 6.18. The Bertz CT molecular complexity index is 594. The molecule has 0 atom stereocenters. The molecule has 1 aliphatic carbocycles. The quantitative estimate of drug-likeness (QED) is 0.862. The largest absolute Gasteiger partial charge is 0.383 e. The first-order chi connectivity index (χ1) is 12.8. The van der Waals surface area contributed by atoms with Crippen molar-refractivity contribution in [1.29, 1.82) is 0 Å². The highest BCUT2D eigenvalue weighted by Gasteiger charge is 2.27. The van der Waals surface area contributed by atoms with Gasteiger partial charge in [0.05, 0.1) is 12.3 Å². The van der Waals surface area contributed by atoms with Crippen molar-refractivity contribution in [2.45, 2.75) is 44.4 Å². The van der Waals surface area contributed by atoms with E-state index >= 15 is 0 Å². The molecule has 4 rings (SSSR count). The van der Waals surface area contributed by atoms with Crippen LogP contribution < -0.4 is 10.2 Å². The predicted molar refractivity (Wildman–Crippen MR) is 104 cm³/mol. The summed E-state index contributed by atoms with van der Waals surface area (Å²) in [6.07, 6.45) is 7.29.